The minimum Gasteiger partial charge on any atom is -0.495 e. The fourth-order valence-electron chi connectivity index (χ4n) is 3.69. The number of aliphatic carboxylic acids is 1. The Labute approximate surface area is 196 Å². The maximum absolute atomic E-state index is 15.0. The lowest BCUT2D eigenvalue weighted by Gasteiger charge is -2.43. The number of carbonyl (C=O) groups excluding carboxylic acids is 1. The van der Waals surface area contributed by atoms with Crippen molar-refractivity contribution in [2.45, 2.75) is 25.3 Å². The van der Waals surface area contributed by atoms with Crippen LogP contribution < -0.4 is 15.0 Å². The summed E-state index contributed by atoms with van der Waals surface area (Å²) >= 11 is 6.34. The zero-order valence-corrected chi connectivity index (χ0v) is 19.6. The number of rotatable bonds is 8. The number of ether oxygens (including phenoxy) is 2. The van der Waals surface area contributed by atoms with E-state index in [1.165, 1.54) is 26.2 Å². The van der Waals surface area contributed by atoms with Crippen molar-refractivity contribution in [1.82, 2.24) is 5.32 Å². The molecule has 3 rings (SSSR count). The van der Waals surface area contributed by atoms with Crippen LogP contribution in [-0.4, -0.2) is 44.4 Å². The molecular formula is C24H26ClFN2O5. The Morgan fingerprint density at radius 1 is 1.33 bits per heavy atom. The molecule has 0 aliphatic carbocycles. The quantitative estimate of drug-likeness (QED) is 0.560. The first kappa shape index (κ1) is 24.5. The summed E-state index contributed by atoms with van der Waals surface area (Å²) in [4.78, 5) is 25.9. The Hall–Kier alpha value is -3.10. The lowest BCUT2D eigenvalue weighted by molar-refractivity contribution is -0.138. The van der Waals surface area contributed by atoms with Gasteiger partial charge in [-0.2, -0.15) is 0 Å². The molecule has 1 fully saturated rings. The van der Waals surface area contributed by atoms with E-state index < -0.39 is 29.2 Å². The van der Waals surface area contributed by atoms with E-state index in [9.17, 15) is 19.1 Å². The van der Waals surface area contributed by atoms with Crippen LogP contribution in [0.15, 0.2) is 42.6 Å². The molecule has 1 heterocycles. The summed E-state index contributed by atoms with van der Waals surface area (Å²) in [6.45, 7) is 7.34. The molecule has 0 aromatic heterocycles. The highest BCUT2D eigenvalue weighted by Crippen LogP contribution is 2.36. The summed E-state index contributed by atoms with van der Waals surface area (Å²) in [7, 11) is 3.20. The molecule has 1 amide bonds. The van der Waals surface area contributed by atoms with Gasteiger partial charge >= 0.3 is 5.97 Å². The fraction of sp³-hybridized carbons (Fsp3) is 0.333. The maximum atomic E-state index is 15.0. The van der Waals surface area contributed by atoms with Gasteiger partial charge in [0.05, 0.1) is 37.0 Å². The van der Waals surface area contributed by atoms with E-state index in [0.717, 1.165) is 0 Å². The molecule has 1 aliphatic rings. The highest BCUT2D eigenvalue weighted by Gasteiger charge is 2.44. The minimum absolute atomic E-state index is 0.0773. The van der Waals surface area contributed by atoms with E-state index in [1.54, 1.807) is 37.1 Å². The van der Waals surface area contributed by atoms with E-state index in [0.29, 0.717) is 27.6 Å². The first-order valence-electron chi connectivity index (χ1n) is 10.2. The second-order valence-electron chi connectivity index (χ2n) is 8.06. The third-order valence-electron chi connectivity index (χ3n) is 6.00. The molecule has 1 unspecified atom stereocenters. The van der Waals surface area contributed by atoms with Gasteiger partial charge in [-0.3, -0.25) is 9.59 Å². The lowest BCUT2D eigenvalue weighted by Crippen LogP contribution is -2.60. The molecule has 0 spiro atoms. The standard InChI is InChI=1S/C24H26ClFN2O5/c1-13(23(30)31)16-6-7-17(18(26)10-16)24(11-33-12-24)27-22(29)15(3)28(4)19-8-9-20(32-5)21(25)14(19)2/h6-10,13H,3,11-12H2,1-2,4-5H3,(H,27,29)(H,30,31). The van der Waals surface area contributed by atoms with E-state index in [2.05, 4.69) is 11.9 Å². The topological polar surface area (TPSA) is 88.1 Å². The molecule has 2 N–H and O–H groups in total. The van der Waals surface area contributed by atoms with Crippen LogP contribution in [0.1, 0.15) is 29.5 Å². The Morgan fingerprint density at radius 2 is 2.00 bits per heavy atom. The van der Waals surface area contributed by atoms with Crippen LogP contribution in [0.3, 0.4) is 0 Å². The van der Waals surface area contributed by atoms with Crippen molar-refractivity contribution in [3.63, 3.8) is 0 Å². The number of carboxylic acid groups (broad SMARTS) is 1. The van der Waals surface area contributed by atoms with Gasteiger partial charge in [-0.15, -0.1) is 0 Å². The normalized spacial score (nSPS) is 15.2. The molecule has 2 aromatic rings. The summed E-state index contributed by atoms with van der Waals surface area (Å²) in [5, 5.41) is 12.4. The van der Waals surface area contributed by atoms with Gasteiger partial charge in [0.1, 0.15) is 17.1 Å². The largest absolute Gasteiger partial charge is 0.495 e. The molecule has 1 aliphatic heterocycles. The van der Waals surface area contributed by atoms with Crippen LogP contribution >= 0.6 is 11.6 Å². The zero-order chi connectivity index (χ0) is 24.5. The Bertz CT molecular complexity index is 1120. The summed E-state index contributed by atoms with van der Waals surface area (Å²) < 4.78 is 25.5. The highest BCUT2D eigenvalue weighted by atomic mass is 35.5. The summed E-state index contributed by atoms with van der Waals surface area (Å²) in [5.41, 5.74) is 0.982. The third kappa shape index (κ3) is 4.54. The first-order valence-corrected chi connectivity index (χ1v) is 10.6. The number of anilines is 1. The van der Waals surface area contributed by atoms with Gasteiger partial charge in [0, 0.05) is 18.3 Å². The van der Waals surface area contributed by atoms with Crippen LogP contribution in [0.4, 0.5) is 10.1 Å². The molecular weight excluding hydrogens is 451 g/mol. The van der Waals surface area contributed by atoms with Crippen LogP contribution in [0.5, 0.6) is 5.75 Å². The predicted molar refractivity (Wildman–Crippen MR) is 123 cm³/mol. The van der Waals surface area contributed by atoms with Crippen molar-refractivity contribution in [2.75, 3.05) is 32.3 Å². The molecule has 0 bridgehead atoms. The molecule has 1 atom stereocenters. The van der Waals surface area contributed by atoms with Gasteiger partial charge in [0.2, 0.25) is 0 Å². The fourth-order valence-corrected chi connectivity index (χ4v) is 3.93. The van der Waals surface area contributed by atoms with Crippen molar-refractivity contribution < 1.29 is 28.6 Å². The lowest BCUT2D eigenvalue weighted by atomic mass is 9.85. The molecule has 33 heavy (non-hydrogen) atoms. The average molecular weight is 477 g/mol. The van der Waals surface area contributed by atoms with Crippen molar-refractivity contribution in [2.24, 2.45) is 0 Å². The monoisotopic (exact) mass is 476 g/mol. The molecule has 1 saturated heterocycles. The second kappa shape index (κ2) is 9.41. The van der Waals surface area contributed by atoms with Crippen molar-refractivity contribution >= 4 is 29.2 Å². The van der Waals surface area contributed by atoms with Crippen molar-refractivity contribution in [1.29, 1.82) is 0 Å². The minimum atomic E-state index is -1.08. The molecule has 0 saturated carbocycles. The van der Waals surface area contributed by atoms with Gasteiger partial charge in [0.15, 0.2) is 0 Å². The average Bonchev–Trinajstić information content (AvgIpc) is 2.76. The number of methoxy groups -OCH3 is 1. The predicted octanol–water partition coefficient (Wildman–Crippen LogP) is 3.98. The number of nitrogens with one attached hydrogen (secondary N) is 1. The molecule has 2 aromatic carbocycles. The van der Waals surface area contributed by atoms with Crippen LogP contribution in [0.25, 0.3) is 0 Å². The first-order chi connectivity index (χ1) is 15.5. The number of likely N-dealkylation sites (N-methyl/N-ethyl adjacent to an activating group) is 1. The van der Waals surface area contributed by atoms with Gasteiger partial charge in [-0.05, 0) is 43.2 Å². The Morgan fingerprint density at radius 3 is 2.52 bits per heavy atom. The van der Waals surface area contributed by atoms with Crippen molar-refractivity contribution in [3.8, 4) is 5.75 Å². The number of halogens is 2. The number of benzene rings is 2. The number of hydrogen-bond donors (Lipinski definition) is 2. The summed E-state index contributed by atoms with van der Waals surface area (Å²) in [5.74, 6) is -2.51. The number of amides is 1. The zero-order valence-electron chi connectivity index (χ0n) is 18.9. The maximum Gasteiger partial charge on any atom is 0.310 e. The van der Waals surface area contributed by atoms with Gasteiger partial charge in [0.25, 0.3) is 5.91 Å². The number of hydrogen-bond acceptors (Lipinski definition) is 5. The highest BCUT2D eigenvalue weighted by molar-refractivity contribution is 6.33. The summed E-state index contributed by atoms with van der Waals surface area (Å²) in [6.07, 6.45) is 0. The van der Waals surface area contributed by atoms with Crippen molar-refractivity contribution in [3.05, 3.63) is 70.1 Å². The molecule has 9 heteroatoms. The van der Waals surface area contributed by atoms with E-state index >= 15 is 0 Å². The van der Waals surface area contributed by atoms with Crippen LogP contribution in [0, 0.1) is 12.7 Å². The molecule has 0 radical (unpaired) electrons. The SMILES string of the molecule is C=C(C(=O)NC1(c2ccc(C(C)C(=O)O)cc2F)COC1)N(C)c1ccc(OC)c(Cl)c1C. The van der Waals surface area contributed by atoms with Crippen LogP contribution in [-0.2, 0) is 19.9 Å². The van der Waals surface area contributed by atoms with E-state index in [4.69, 9.17) is 21.1 Å². The Balaban J connectivity index is 1.83. The van der Waals surface area contributed by atoms with Gasteiger partial charge in [-0.25, -0.2) is 4.39 Å². The Kier molecular flexibility index (Phi) is 7.00. The van der Waals surface area contributed by atoms with E-state index in [-0.39, 0.29) is 24.5 Å². The van der Waals surface area contributed by atoms with Gasteiger partial charge in [-0.1, -0.05) is 30.3 Å². The number of nitrogens with zero attached hydrogens (tertiary/aromatic N) is 1. The third-order valence-corrected chi connectivity index (χ3v) is 6.47. The number of carboxylic acids is 1. The second-order valence-corrected chi connectivity index (χ2v) is 8.44. The van der Waals surface area contributed by atoms with Crippen LogP contribution in [0.2, 0.25) is 5.02 Å². The van der Waals surface area contributed by atoms with Gasteiger partial charge < -0.3 is 24.8 Å². The molecule has 176 valence electrons. The number of carbonyl (C=O) groups is 2. The molecule has 7 nitrogen and oxygen atoms in total. The smallest absolute Gasteiger partial charge is 0.310 e. The summed E-state index contributed by atoms with van der Waals surface area (Å²) in [6, 6.07) is 7.69. The van der Waals surface area contributed by atoms with E-state index in [1.807, 2.05) is 0 Å².